The number of hydrogen-bond acceptors (Lipinski definition) is 3. The number of carbonyl (C=O) groups excluding carboxylic acids is 1. The summed E-state index contributed by atoms with van der Waals surface area (Å²) < 4.78 is 5.84. The summed E-state index contributed by atoms with van der Waals surface area (Å²) in [5.41, 5.74) is -0.371. The van der Waals surface area contributed by atoms with Crippen molar-refractivity contribution in [2.45, 2.75) is 90.3 Å². The molecule has 3 heteroatoms. The number of fused-ring (bicyclic) bond motifs is 3. The van der Waals surface area contributed by atoms with Crippen LogP contribution in [0.2, 0.25) is 0 Å². The average molecular weight is 320 g/mol. The molecule has 0 amide bonds. The Morgan fingerprint density at radius 3 is 2.43 bits per heavy atom. The van der Waals surface area contributed by atoms with E-state index in [9.17, 15) is 9.90 Å². The standard InChI is InChI=1S/C20H32O3/c1-17(2)14-6-10-20-9-5-13(19(4,22)12-20)11-15(20)18(14,3)8-7-16(21)23-17/h13-15,22H,5-12H2,1-4H3. The fourth-order valence-corrected chi connectivity index (χ4v) is 7.56. The number of cyclic esters (lactones) is 1. The number of hydrogen-bond donors (Lipinski definition) is 1. The van der Waals surface area contributed by atoms with Crippen LogP contribution in [-0.4, -0.2) is 22.3 Å². The third-order valence-electron chi connectivity index (χ3n) is 8.45. The Morgan fingerprint density at radius 1 is 1.04 bits per heavy atom. The van der Waals surface area contributed by atoms with E-state index in [0.717, 1.165) is 25.7 Å². The number of carbonyl (C=O) groups is 1. The van der Waals surface area contributed by atoms with Gasteiger partial charge in [-0.2, -0.15) is 0 Å². The summed E-state index contributed by atoms with van der Waals surface area (Å²) in [4.78, 5) is 12.1. The topological polar surface area (TPSA) is 46.5 Å². The van der Waals surface area contributed by atoms with Gasteiger partial charge < -0.3 is 9.84 Å². The Labute approximate surface area is 140 Å². The predicted octanol–water partition coefficient (Wildman–Crippen LogP) is 4.08. The highest BCUT2D eigenvalue weighted by molar-refractivity contribution is 5.70. The molecule has 1 aliphatic heterocycles. The van der Waals surface area contributed by atoms with Crippen molar-refractivity contribution < 1.29 is 14.6 Å². The van der Waals surface area contributed by atoms with Crippen molar-refractivity contribution in [3.8, 4) is 0 Å². The lowest BCUT2D eigenvalue weighted by Crippen LogP contribution is -2.63. The van der Waals surface area contributed by atoms with Crippen LogP contribution in [0.3, 0.4) is 0 Å². The highest BCUT2D eigenvalue weighted by atomic mass is 16.6. The van der Waals surface area contributed by atoms with Crippen LogP contribution in [0.4, 0.5) is 0 Å². The maximum absolute atomic E-state index is 12.1. The number of aliphatic hydroxyl groups is 1. The first-order valence-corrected chi connectivity index (χ1v) is 9.53. The van der Waals surface area contributed by atoms with Crippen molar-refractivity contribution in [3.63, 3.8) is 0 Å². The van der Waals surface area contributed by atoms with Gasteiger partial charge in [-0.05, 0) is 88.4 Å². The van der Waals surface area contributed by atoms with Crippen molar-refractivity contribution in [1.82, 2.24) is 0 Å². The Balaban J connectivity index is 1.76. The third-order valence-corrected chi connectivity index (χ3v) is 8.45. The molecule has 0 aromatic carbocycles. The van der Waals surface area contributed by atoms with Crippen LogP contribution in [0.15, 0.2) is 0 Å². The summed E-state index contributed by atoms with van der Waals surface area (Å²) in [6.07, 6.45) is 8.41. The monoisotopic (exact) mass is 320 g/mol. The normalized spacial score (nSPS) is 54.7. The van der Waals surface area contributed by atoms with Crippen molar-refractivity contribution in [2.24, 2.45) is 28.6 Å². The minimum Gasteiger partial charge on any atom is -0.459 e. The molecule has 4 aliphatic carbocycles. The van der Waals surface area contributed by atoms with E-state index >= 15 is 0 Å². The quantitative estimate of drug-likeness (QED) is 0.684. The molecule has 23 heavy (non-hydrogen) atoms. The molecule has 1 spiro atoms. The van der Waals surface area contributed by atoms with E-state index in [0.29, 0.717) is 29.6 Å². The second kappa shape index (κ2) is 4.53. The van der Waals surface area contributed by atoms with E-state index in [4.69, 9.17) is 4.74 Å². The van der Waals surface area contributed by atoms with Gasteiger partial charge in [0.25, 0.3) is 0 Å². The van der Waals surface area contributed by atoms with Gasteiger partial charge in [-0.15, -0.1) is 0 Å². The summed E-state index contributed by atoms with van der Waals surface area (Å²) in [5, 5.41) is 10.9. The molecule has 0 aromatic rings. The Kier molecular flexibility index (Phi) is 3.14. The van der Waals surface area contributed by atoms with Crippen LogP contribution < -0.4 is 0 Å². The van der Waals surface area contributed by atoms with Crippen LogP contribution >= 0.6 is 0 Å². The Bertz CT molecular complexity index is 537. The van der Waals surface area contributed by atoms with Crippen molar-refractivity contribution in [3.05, 3.63) is 0 Å². The third kappa shape index (κ3) is 2.08. The van der Waals surface area contributed by atoms with Crippen LogP contribution in [0, 0.1) is 28.6 Å². The summed E-state index contributed by atoms with van der Waals surface area (Å²) >= 11 is 0. The first-order valence-electron chi connectivity index (χ1n) is 9.53. The van der Waals surface area contributed by atoms with Gasteiger partial charge in [0.1, 0.15) is 5.60 Å². The van der Waals surface area contributed by atoms with Gasteiger partial charge in [-0.3, -0.25) is 4.79 Å². The molecule has 5 fully saturated rings. The minimum absolute atomic E-state index is 0.0207. The molecule has 1 heterocycles. The molecular formula is C20H32O3. The lowest BCUT2D eigenvalue weighted by Gasteiger charge is -2.67. The van der Waals surface area contributed by atoms with E-state index in [1.54, 1.807) is 0 Å². The molecule has 5 rings (SSSR count). The van der Waals surface area contributed by atoms with Crippen LogP contribution in [0.1, 0.15) is 79.1 Å². The van der Waals surface area contributed by atoms with Gasteiger partial charge in [-0.25, -0.2) is 0 Å². The zero-order chi connectivity index (χ0) is 16.7. The van der Waals surface area contributed by atoms with Crippen molar-refractivity contribution >= 4 is 5.97 Å². The smallest absolute Gasteiger partial charge is 0.306 e. The number of esters is 1. The van der Waals surface area contributed by atoms with Gasteiger partial charge in [-0.1, -0.05) is 6.92 Å². The van der Waals surface area contributed by atoms with Gasteiger partial charge in [0, 0.05) is 12.3 Å². The molecule has 1 N–H and O–H groups in total. The molecule has 1 saturated heterocycles. The second-order valence-corrected chi connectivity index (χ2v) is 10.1. The van der Waals surface area contributed by atoms with Crippen molar-refractivity contribution in [2.75, 3.05) is 0 Å². The second-order valence-electron chi connectivity index (χ2n) is 10.1. The average Bonchev–Trinajstić information content (AvgIpc) is 2.51. The molecule has 4 saturated carbocycles. The molecule has 130 valence electrons. The van der Waals surface area contributed by atoms with Gasteiger partial charge in [0.15, 0.2) is 0 Å². The summed E-state index contributed by atoms with van der Waals surface area (Å²) in [6.45, 7) is 8.73. The van der Waals surface area contributed by atoms with Gasteiger partial charge >= 0.3 is 5.97 Å². The fourth-order valence-electron chi connectivity index (χ4n) is 7.56. The minimum atomic E-state index is -0.482. The highest BCUT2D eigenvalue weighted by Gasteiger charge is 2.66. The Hall–Kier alpha value is -0.570. The fraction of sp³-hybridized carbons (Fsp3) is 0.950. The van der Waals surface area contributed by atoms with Crippen LogP contribution in [-0.2, 0) is 9.53 Å². The summed E-state index contributed by atoms with van der Waals surface area (Å²) in [7, 11) is 0. The van der Waals surface area contributed by atoms with E-state index in [1.165, 1.54) is 19.3 Å². The van der Waals surface area contributed by atoms with Gasteiger partial charge in [0.05, 0.1) is 5.60 Å². The molecular weight excluding hydrogens is 288 g/mol. The van der Waals surface area contributed by atoms with Crippen molar-refractivity contribution in [1.29, 1.82) is 0 Å². The summed E-state index contributed by atoms with van der Waals surface area (Å²) in [6, 6.07) is 0. The first-order chi connectivity index (χ1) is 10.6. The Morgan fingerprint density at radius 2 is 1.74 bits per heavy atom. The largest absolute Gasteiger partial charge is 0.459 e. The maximum atomic E-state index is 12.1. The van der Waals surface area contributed by atoms with Crippen LogP contribution in [0.5, 0.6) is 0 Å². The molecule has 5 aliphatic rings. The van der Waals surface area contributed by atoms with E-state index in [2.05, 4.69) is 27.7 Å². The molecule has 6 atom stereocenters. The number of rotatable bonds is 0. The van der Waals surface area contributed by atoms with E-state index in [-0.39, 0.29) is 17.0 Å². The molecule has 0 aromatic heterocycles. The highest BCUT2D eigenvalue weighted by Crippen LogP contribution is 2.70. The summed E-state index contributed by atoms with van der Waals surface area (Å²) in [5.74, 6) is 1.50. The van der Waals surface area contributed by atoms with E-state index in [1.807, 2.05) is 0 Å². The zero-order valence-electron chi connectivity index (χ0n) is 15.2. The lowest BCUT2D eigenvalue weighted by atomic mass is 9.38. The molecule has 6 unspecified atom stereocenters. The molecule has 3 nitrogen and oxygen atoms in total. The predicted molar refractivity (Wildman–Crippen MR) is 88.7 cm³/mol. The zero-order valence-corrected chi connectivity index (χ0v) is 15.2. The van der Waals surface area contributed by atoms with Crippen LogP contribution in [0.25, 0.3) is 0 Å². The lowest BCUT2D eigenvalue weighted by molar-refractivity contribution is -0.226. The molecule has 2 bridgehead atoms. The number of ether oxygens (including phenoxy) is 1. The maximum Gasteiger partial charge on any atom is 0.306 e. The first kappa shape index (κ1) is 15.9. The van der Waals surface area contributed by atoms with Gasteiger partial charge in [0.2, 0.25) is 0 Å². The molecule has 0 radical (unpaired) electrons. The van der Waals surface area contributed by atoms with E-state index < -0.39 is 5.60 Å². The SMILES string of the molecule is CC1(O)CC23CCC1CC2C1(C)CCC(=O)OC(C)(C)C1CC3.